The number of alkyl halides is 2. The zero-order valence-corrected chi connectivity index (χ0v) is 7.00. The van der Waals surface area contributed by atoms with Gasteiger partial charge in [-0.2, -0.15) is 0 Å². The van der Waals surface area contributed by atoms with Crippen molar-refractivity contribution in [3.05, 3.63) is 17.3 Å². The van der Waals surface area contributed by atoms with Crippen LogP contribution in [0.25, 0.3) is 0 Å². The summed E-state index contributed by atoms with van der Waals surface area (Å²) in [6, 6.07) is 0.992. The summed E-state index contributed by atoms with van der Waals surface area (Å²) in [6.45, 7) is 0. The molecule has 0 unspecified atom stereocenters. The van der Waals surface area contributed by atoms with Gasteiger partial charge in [0.25, 0.3) is 12.3 Å². The van der Waals surface area contributed by atoms with Crippen molar-refractivity contribution in [1.29, 1.82) is 0 Å². The van der Waals surface area contributed by atoms with Gasteiger partial charge in [-0.3, -0.25) is 4.79 Å². The number of carbonyl (C=O) groups excluding carboxylic acids is 1. The molecule has 0 spiro atoms. The topological polar surface area (TPSA) is 108 Å². The number of primary amides is 1. The van der Waals surface area contributed by atoms with Crippen LogP contribution in [0.4, 0.5) is 20.3 Å². The summed E-state index contributed by atoms with van der Waals surface area (Å²) < 4.78 is 24.7. The number of nitrogens with two attached hydrogens (primary N) is 3. The van der Waals surface area contributed by atoms with Gasteiger partial charge in [0.1, 0.15) is 11.5 Å². The van der Waals surface area contributed by atoms with E-state index >= 15 is 0 Å². The fourth-order valence-electron chi connectivity index (χ4n) is 0.922. The molecule has 14 heavy (non-hydrogen) atoms. The predicted octanol–water partition coefficient (Wildman–Crippen LogP) is 0.282. The zero-order valence-electron chi connectivity index (χ0n) is 7.00. The Morgan fingerprint density at radius 1 is 1.43 bits per heavy atom. The summed E-state index contributed by atoms with van der Waals surface area (Å²) in [5, 5.41) is 0. The molecule has 1 amide bonds. The number of amides is 1. The van der Waals surface area contributed by atoms with Gasteiger partial charge in [-0.05, 0) is 6.07 Å². The first-order chi connectivity index (χ1) is 6.43. The summed E-state index contributed by atoms with van der Waals surface area (Å²) in [5.41, 5.74) is 14.1. The number of pyridine rings is 1. The molecule has 1 aromatic heterocycles. The van der Waals surface area contributed by atoms with Crippen LogP contribution in [0, 0.1) is 0 Å². The first kappa shape index (κ1) is 10.2. The van der Waals surface area contributed by atoms with Crippen molar-refractivity contribution in [2.24, 2.45) is 5.73 Å². The number of carbonyl (C=O) groups is 1. The summed E-state index contributed by atoms with van der Waals surface area (Å²) in [4.78, 5) is 14.0. The highest BCUT2D eigenvalue weighted by Gasteiger charge is 2.20. The van der Waals surface area contributed by atoms with Crippen LogP contribution in [-0.4, -0.2) is 10.9 Å². The molecule has 0 aromatic carbocycles. The van der Waals surface area contributed by atoms with E-state index in [1.165, 1.54) is 0 Å². The second kappa shape index (κ2) is 3.44. The average molecular weight is 202 g/mol. The van der Waals surface area contributed by atoms with Crippen LogP contribution >= 0.6 is 0 Å². The molecule has 0 bridgehead atoms. The van der Waals surface area contributed by atoms with E-state index in [0.717, 1.165) is 6.07 Å². The van der Waals surface area contributed by atoms with Gasteiger partial charge in [0.2, 0.25) is 0 Å². The molecule has 0 aliphatic heterocycles. The van der Waals surface area contributed by atoms with Crippen molar-refractivity contribution in [2.45, 2.75) is 6.43 Å². The van der Waals surface area contributed by atoms with Crippen molar-refractivity contribution >= 4 is 17.4 Å². The maximum absolute atomic E-state index is 12.3. The van der Waals surface area contributed by atoms with Crippen LogP contribution in [0.1, 0.15) is 22.5 Å². The van der Waals surface area contributed by atoms with Gasteiger partial charge in [0.05, 0.1) is 11.3 Å². The molecule has 5 nitrogen and oxygen atoms in total. The minimum Gasteiger partial charge on any atom is -0.396 e. The van der Waals surface area contributed by atoms with Crippen LogP contribution < -0.4 is 17.2 Å². The highest BCUT2D eigenvalue weighted by Crippen LogP contribution is 2.25. The largest absolute Gasteiger partial charge is 0.396 e. The van der Waals surface area contributed by atoms with Crippen molar-refractivity contribution in [1.82, 2.24) is 4.98 Å². The third kappa shape index (κ3) is 1.70. The second-order valence-electron chi connectivity index (χ2n) is 2.56. The molecule has 0 saturated carbocycles. The monoisotopic (exact) mass is 202 g/mol. The van der Waals surface area contributed by atoms with Gasteiger partial charge in [-0.15, -0.1) is 0 Å². The second-order valence-corrected chi connectivity index (χ2v) is 2.56. The van der Waals surface area contributed by atoms with Gasteiger partial charge in [-0.25, -0.2) is 13.8 Å². The van der Waals surface area contributed by atoms with Crippen molar-refractivity contribution in [3.8, 4) is 0 Å². The molecule has 0 atom stereocenters. The molecule has 0 aliphatic rings. The van der Waals surface area contributed by atoms with E-state index in [0.29, 0.717) is 0 Å². The predicted molar refractivity (Wildman–Crippen MR) is 46.5 cm³/mol. The Hall–Kier alpha value is -1.92. The molecule has 6 N–H and O–H groups in total. The van der Waals surface area contributed by atoms with Crippen LogP contribution in [-0.2, 0) is 0 Å². The van der Waals surface area contributed by atoms with Gasteiger partial charge >= 0.3 is 0 Å². The number of hydrogen-bond donors (Lipinski definition) is 3. The minimum atomic E-state index is -2.92. The number of halogens is 2. The quantitative estimate of drug-likeness (QED) is 0.640. The van der Waals surface area contributed by atoms with Crippen LogP contribution in [0.15, 0.2) is 6.07 Å². The van der Waals surface area contributed by atoms with Gasteiger partial charge in [0, 0.05) is 0 Å². The molecule has 1 heterocycles. The first-order valence-corrected chi connectivity index (χ1v) is 3.57. The molecular formula is C7H8F2N4O. The summed E-state index contributed by atoms with van der Waals surface area (Å²) in [5.74, 6) is -1.26. The Morgan fingerprint density at radius 3 is 2.43 bits per heavy atom. The fourth-order valence-corrected chi connectivity index (χ4v) is 0.922. The smallest absolute Gasteiger partial charge is 0.281 e. The van der Waals surface area contributed by atoms with Crippen molar-refractivity contribution < 1.29 is 13.6 Å². The molecule has 0 aliphatic carbocycles. The number of aromatic nitrogens is 1. The number of hydrogen-bond acceptors (Lipinski definition) is 4. The Kier molecular flexibility index (Phi) is 2.50. The maximum Gasteiger partial charge on any atom is 0.281 e. The Labute approximate surface area is 77.9 Å². The number of nitrogens with zero attached hydrogens (tertiary/aromatic N) is 1. The third-order valence-corrected chi connectivity index (χ3v) is 1.58. The normalized spacial score (nSPS) is 10.5. The van der Waals surface area contributed by atoms with E-state index in [2.05, 4.69) is 4.98 Å². The molecule has 76 valence electrons. The van der Waals surface area contributed by atoms with Crippen LogP contribution in [0.5, 0.6) is 0 Å². The standard InChI is InChI=1S/C7H8F2N4O/c8-5(9)4-2(7(12)14)1-3(10)6(11)13-4/h1,5H,10H2,(H2,11,13)(H2,12,14). The van der Waals surface area contributed by atoms with E-state index in [4.69, 9.17) is 17.2 Å². The first-order valence-electron chi connectivity index (χ1n) is 3.57. The lowest BCUT2D eigenvalue weighted by atomic mass is 10.1. The molecular weight excluding hydrogens is 194 g/mol. The Bertz CT molecular complexity index is 380. The maximum atomic E-state index is 12.3. The zero-order chi connectivity index (χ0) is 10.9. The number of rotatable bonds is 2. The Balaban J connectivity index is 3.39. The average Bonchev–Trinajstić information content (AvgIpc) is 2.08. The summed E-state index contributed by atoms with van der Waals surface area (Å²) in [7, 11) is 0. The fraction of sp³-hybridized carbons (Fsp3) is 0.143. The van der Waals surface area contributed by atoms with E-state index in [1.807, 2.05) is 0 Å². The highest BCUT2D eigenvalue weighted by atomic mass is 19.3. The van der Waals surface area contributed by atoms with E-state index in [1.54, 1.807) is 0 Å². The van der Waals surface area contributed by atoms with E-state index in [9.17, 15) is 13.6 Å². The Morgan fingerprint density at radius 2 is 2.00 bits per heavy atom. The van der Waals surface area contributed by atoms with Crippen LogP contribution in [0.2, 0.25) is 0 Å². The number of anilines is 2. The van der Waals surface area contributed by atoms with Gasteiger partial charge in [-0.1, -0.05) is 0 Å². The molecule has 7 heteroatoms. The molecule has 1 rings (SSSR count). The van der Waals surface area contributed by atoms with Crippen molar-refractivity contribution in [3.63, 3.8) is 0 Å². The molecule has 0 radical (unpaired) electrons. The summed E-state index contributed by atoms with van der Waals surface area (Å²) in [6.07, 6.45) is -2.92. The summed E-state index contributed by atoms with van der Waals surface area (Å²) >= 11 is 0. The third-order valence-electron chi connectivity index (χ3n) is 1.58. The van der Waals surface area contributed by atoms with Crippen LogP contribution in [0.3, 0.4) is 0 Å². The van der Waals surface area contributed by atoms with Gasteiger partial charge < -0.3 is 17.2 Å². The van der Waals surface area contributed by atoms with E-state index in [-0.39, 0.29) is 11.5 Å². The lowest BCUT2D eigenvalue weighted by molar-refractivity contribution is 0.0983. The molecule has 0 saturated heterocycles. The lowest BCUT2D eigenvalue weighted by Crippen LogP contribution is -2.17. The molecule has 0 fully saturated rings. The highest BCUT2D eigenvalue weighted by molar-refractivity contribution is 5.95. The van der Waals surface area contributed by atoms with E-state index < -0.39 is 23.6 Å². The molecule has 1 aromatic rings. The van der Waals surface area contributed by atoms with Crippen molar-refractivity contribution in [2.75, 3.05) is 11.5 Å². The minimum absolute atomic E-state index is 0.0526. The SMILES string of the molecule is NC(=O)c1cc(N)c(N)nc1C(F)F. The van der Waals surface area contributed by atoms with Gasteiger partial charge in [0.15, 0.2) is 0 Å². The number of nitrogen functional groups attached to an aromatic ring is 2. The lowest BCUT2D eigenvalue weighted by Gasteiger charge is -2.07.